The van der Waals surface area contributed by atoms with Gasteiger partial charge in [-0.2, -0.15) is 0 Å². The lowest BCUT2D eigenvalue weighted by molar-refractivity contribution is -0.119. The van der Waals surface area contributed by atoms with Crippen molar-refractivity contribution in [3.63, 3.8) is 0 Å². The summed E-state index contributed by atoms with van der Waals surface area (Å²) < 4.78 is 0. The van der Waals surface area contributed by atoms with E-state index in [9.17, 15) is 4.79 Å². The largest absolute Gasteiger partial charge is 0.357 e. The molecule has 0 saturated heterocycles. The number of guanidine groups is 1. The SMILES string of the molecule is CCNC(=NCc1cccc(NC(=O)C(C)CC)c1)NC1CC1. The van der Waals surface area contributed by atoms with E-state index in [1.165, 1.54) is 12.8 Å². The molecule has 5 heteroatoms. The van der Waals surface area contributed by atoms with Crippen molar-refractivity contribution in [3.05, 3.63) is 29.8 Å². The van der Waals surface area contributed by atoms with Crippen LogP contribution in [0.3, 0.4) is 0 Å². The summed E-state index contributed by atoms with van der Waals surface area (Å²) in [5.74, 6) is 0.959. The summed E-state index contributed by atoms with van der Waals surface area (Å²) >= 11 is 0. The van der Waals surface area contributed by atoms with E-state index in [0.29, 0.717) is 12.6 Å². The second kappa shape index (κ2) is 8.56. The standard InChI is InChI=1S/C18H28N4O/c1-4-13(3)17(23)21-16-8-6-7-14(11-16)12-20-18(19-5-2)22-15-9-10-15/h6-8,11,13,15H,4-5,9-10,12H2,1-3H3,(H,21,23)(H2,19,20,22). The van der Waals surface area contributed by atoms with Crippen molar-refractivity contribution in [2.75, 3.05) is 11.9 Å². The van der Waals surface area contributed by atoms with Crippen LogP contribution in [0.2, 0.25) is 0 Å². The number of hydrogen-bond donors (Lipinski definition) is 3. The first-order chi connectivity index (χ1) is 11.1. The summed E-state index contributed by atoms with van der Waals surface area (Å²) in [6.07, 6.45) is 3.29. The van der Waals surface area contributed by atoms with Crippen LogP contribution in [0.15, 0.2) is 29.3 Å². The van der Waals surface area contributed by atoms with Crippen molar-refractivity contribution in [1.82, 2.24) is 10.6 Å². The number of benzene rings is 1. The van der Waals surface area contributed by atoms with Gasteiger partial charge < -0.3 is 16.0 Å². The van der Waals surface area contributed by atoms with E-state index in [1.54, 1.807) is 0 Å². The Balaban J connectivity index is 1.96. The van der Waals surface area contributed by atoms with Gasteiger partial charge in [-0.3, -0.25) is 4.79 Å². The second-order valence-electron chi connectivity index (χ2n) is 6.11. The van der Waals surface area contributed by atoms with Crippen LogP contribution in [0.4, 0.5) is 5.69 Å². The number of anilines is 1. The summed E-state index contributed by atoms with van der Waals surface area (Å²) in [5, 5.41) is 9.63. The average Bonchev–Trinajstić information content (AvgIpc) is 3.36. The Hall–Kier alpha value is -2.04. The van der Waals surface area contributed by atoms with Gasteiger partial charge in [-0.1, -0.05) is 26.0 Å². The molecule has 0 bridgehead atoms. The molecule has 1 aromatic carbocycles. The summed E-state index contributed by atoms with van der Waals surface area (Å²) in [7, 11) is 0. The zero-order valence-corrected chi connectivity index (χ0v) is 14.4. The minimum absolute atomic E-state index is 0.0276. The Labute approximate surface area is 139 Å². The number of carbonyl (C=O) groups is 1. The van der Waals surface area contributed by atoms with E-state index >= 15 is 0 Å². The van der Waals surface area contributed by atoms with E-state index in [1.807, 2.05) is 38.1 Å². The molecule has 1 saturated carbocycles. The molecule has 1 unspecified atom stereocenters. The molecule has 5 nitrogen and oxygen atoms in total. The normalized spacial score (nSPS) is 15.9. The topological polar surface area (TPSA) is 65.5 Å². The number of carbonyl (C=O) groups excluding carboxylic acids is 1. The zero-order chi connectivity index (χ0) is 16.7. The lowest BCUT2D eigenvalue weighted by atomic mass is 10.1. The van der Waals surface area contributed by atoms with Crippen molar-refractivity contribution in [2.45, 2.75) is 52.6 Å². The Kier molecular flexibility index (Phi) is 6.44. The minimum Gasteiger partial charge on any atom is -0.357 e. The fourth-order valence-corrected chi connectivity index (χ4v) is 2.11. The third kappa shape index (κ3) is 5.93. The van der Waals surface area contributed by atoms with E-state index in [0.717, 1.165) is 30.2 Å². The number of nitrogens with zero attached hydrogens (tertiary/aromatic N) is 1. The highest BCUT2D eigenvalue weighted by Crippen LogP contribution is 2.18. The van der Waals surface area contributed by atoms with Gasteiger partial charge in [-0.15, -0.1) is 0 Å². The molecule has 1 amide bonds. The van der Waals surface area contributed by atoms with Crippen molar-refractivity contribution >= 4 is 17.6 Å². The smallest absolute Gasteiger partial charge is 0.227 e. The first-order valence-corrected chi connectivity index (χ1v) is 8.57. The van der Waals surface area contributed by atoms with Crippen LogP contribution in [0.5, 0.6) is 0 Å². The van der Waals surface area contributed by atoms with Gasteiger partial charge in [-0.25, -0.2) is 4.99 Å². The van der Waals surface area contributed by atoms with E-state index < -0.39 is 0 Å². The van der Waals surface area contributed by atoms with E-state index in [4.69, 9.17) is 0 Å². The van der Waals surface area contributed by atoms with Gasteiger partial charge >= 0.3 is 0 Å². The van der Waals surface area contributed by atoms with Crippen LogP contribution in [-0.4, -0.2) is 24.5 Å². The quantitative estimate of drug-likeness (QED) is 0.535. The van der Waals surface area contributed by atoms with Crippen LogP contribution >= 0.6 is 0 Å². The molecule has 0 radical (unpaired) electrons. The summed E-state index contributed by atoms with van der Waals surface area (Å²) in [5.41, 5.74) is 1.92. The maximum atomic E-state index is 12.0. The van der Waals surface area contributed by atoms with Crippen molar-refractivity contribution in [3.8, 4) is 0 Å². The van der Waals surface area contributed by atoms with Crippen molar-refractivity contribution in [1.29, 1.82) is 0 Å². The fraction of sp³-hybridized carbons (Fsp3) is 0.556. The zero-order valence-electron chi connectivity index (χ0n) is 14.4. The molecule has 1 fully saturated rings. The van der Waals surface area contributed by atoms with Gasteiger partial charge in [0.1, 0.15) is 0 Å². The van der Waals surface area contributed by atoms with Crippen LogP contribution < -0.4 is 16.0 Å². The van der Waals surface area contributed by atoms with Gasteiger partial charge in [0, 0.05) is 24.2 Å². The van der Waals surface area contributed by atoms with E-state index in [-0.39, 0.29) is 11.8 Å². The molecule has 0 heterocycles. The molecular weight excluding hydrogens is 288 g/mol. The highest BCUT2D eigenvalue weighted by atomic mass is 16.1. The number of hydrogen-bond acceptors (Lipinski definition) is 2. The Morgan fingerprint density at radius 2 is 2.13 bits per heavy atom. The van der Waals surface area contributed by atoms with Gasteiger partial charge in [0.25, 0.3) is 0 Å². The van der Waals surface area contributed by atoms with Crippen molar-refractivity contribution in [2.24, 2.45) is 10.9 Å². The fourth-order valence-electron chi connectivity index (χ4n) is 2.11. The number of nitrogens with one attached hydrogen (secondary N) is 3. The second-order valence-corrected chi connectivity index (χ2v) is 6.11. The Morgan fingerprint density at radius 3 is 2.78 bits per heavy atom. The highest BCUT2D eigenvalue weighted by molar-refractivity contribution is 5.92. The lowest BCUT2D eigenvalue weighted by Crippen LogP contribution is -2.38. The molecule has 0 aliphatic heterocycles. The maximum absolute atomic E-state index is 12.0. The molecule has 0 spiro atoms. The van der Waals surface area contributed by atoms with Gasteiger partial charge in [0.15, 0.2) is 5.96 Å². The van der Waals surface area contributed by atoms with Gasteiger partial charge in [0.05, 0.1) is 6.54 Å². The molecule has 23 heavy (non-hydrogen) atoms. The van der Waals surface area contributed by atoms with Crippen molar-refractivity contribution < 1.29 is 4.79 Å². The predicted molar refractivity (Wildman–Crippen MR) is 95.5 cm³/mol. The van der Waals surface area contributed by atoms with Crippen LogP contribution in [-0.2, 0) is 11.3 Å². The lowest BCUT2D eigenvalue weighted by Gasteiger charge is -2.12. The van der Waals surface area contributed by atoms with Crippen LogP contribution in [0.25, 0.3) is 0 Å². The molecule has 1 aliphatic rings. The molecule has 1 aromatic rings. The average molecular weight is 316 g/mol. The number of amides is 1. The van der Waals surface area contributed by atoms with E-state index in [2.05, 4.69) is 27.9 Å². The first-order valence-electron chi connectivity index (χ1n) is 8.57. The number of aliphatic imine (C=N–C) groups is 1. The van der Waals surface area contributed by atoms with Gasteiger partial charge in [0.2, 0.25) is 5.91 Å². The predicted octanol–water partition coefficient (Wildman–Crippen LogP) is 2.89. The molecule has 1 atom stereocenters. The van der Waals surface area contributed by atoms with Gasteiger partial charge in [-0.05, 0) is 43.9 Å². The molecular formula is C18H28N4O. The molecule has 3 N–H and O–H groups in total. The first kappa shape index (κ1) is 17.3. The third-order valence-corrected chi connectivity index (χ3v) is 3.94. The maximum Gasteiger partial charge on any atom is 0.227 e. The molecule has 2 rings (SSSR count). The van der Waals surface area contributed by atoms with Crippen LogP contribution in [0, 0.1) is 5.92 Å². The van der Waals surface area contributed by atoms with Crippen LogP contribution in [0.1, 0.15) is 45.6 Å². The summed E-state index contributed by atoms with van der Waals surface area (Å²) in [6.45, 7) is 7.47. The Bertz CT molecular complexity index is 552. The Morgan fingerprint density at radius 1 is 1.35 bits per heavy atom. The minimum atomic E-state index is 0.0276. The molecule has 126 valence electrons. The molecule has 0 aromatic heterocycles. The highest BCUT2D eigenvalue weighted by Gasteiger charge is 2.22. The molecule has 1 aliphatic carbocycles. The number of rotatable bonds is 7. The summed E-state index contributed by atoms with van der Waals surface area (Å²) in [4.78, 5) is 16.6. The summed E-state index contributed by atoms with van der Waals surface area (Å²) in [6, 6.07) is 8.47. The third-order valence-electron chi connectivity index (χ3n) is 3.94. The monoisotopic (exact) mass is 316 g/mol.